The van der Waals surface area contributed by atoms with Gasteiger partial charge in [-0.2, -0.15) is 0 Å². The van der Waals surface area contributed by atoms with Gasteiger partial charge in [-0.05, 0) is 31.7 Å². The number of fused-ring (bicyclic) bond motifs is 1. The number of ether oxygens (including phenoxy) is 1. The third-order valence-electron chi connectivity index (χ3n) is 3.25. The second-order valence-electron chi connectivity index (χ2n) is 4.96. The number of morpholine rings is 1. The topological polar surface area (TPSA) is 38.2 Å². The first-order chi connectivity index (χ1) is 8.65. The third kappa shape index (κ3) is 1.97. The fourth-order valence-corrected chi connectivity index (χ4v) is 3.47. The van der Waals surface area contributed by atoms with Gasteiger partial charge in [-0.15, -0.1) is 11.3 Å². The molecule has 4 nitrogen and oxygen atoms in total. The van der Waals surface area contributed by atoms with E-state index in [1.165, 1.54) is 10.9 Å². The van der Waals surface area contributed by atoms with Crippen LogP contribution in [0.1, 0.15) is 19.4 Å². The van der Waals surface area contributed by atoms with Crippen molar-refractivity contribution in [2.45, 2.75) is 33.0 Å². The van der Waals surface area contributed by atoms with Gasteiger partial charge in [0, 0.05) is 13.1 Å². The van der Waals surface area contributed by atoms with Crippen molar-refractivity contribution < 1.29 is 4.74 Å². The molecule has 1 saturated heterocycles. The van der Waals surface area contributed by atoms with Gasteiger partial charge in [0.25, 0.3) is 0 Å². The maximum absolute atomic E-state index is 5.78. The highest BCUT2D eigenvalue weighted by molar-refractivity contribution is 7.17. The van der Waals surface area contributed by atoms with Gasteiger partial charge in [-0.3, -0.25) is 0 Å². The van der Waals surface area contributed by atoms with Gasteiger partial charge in [0.2, 0.25) is 0 Å². The summed E-state index contributed by atoms with van der Waals surface area (Å²) in [6.45, 7) is 8.14. The minimum absolute atomic E-state index is 0.248. The Bertz CT molecular complexity index is 558. The number of hydrogen-bond acceptors (Lipinski definition) is 5. The summed E-state index contributed by atoms with van der Waals surface area (Å²) in [6, 6.07) is 0. The lowest BCUT2D eigenvalue weighted by molar-refractivity contribution is -0.00537. The predicted octanol–water partition coefficient (Wildman–Crippen LogP) is 2.61. The molecular weight excluding hydrogens is 246 g/mol. The van der Waals surface area contributed by atoms with E-state index in [0.29, 0.717) is 0 Å². The summed E-state index contributed by atoms with van der Waals surface area (Å²) in [6.07, 6.45) is 2.16. The molecule has 1 aliphatic rings. The Morgan fingerprint density at radius 3 is 2.72 bits per heavy atom. The molecule has 0 radical (unpaired) electrons. The molecule has 2 aromatic heterocycles. The van der Waals surface area contributed by atoms with E-state index in [2.05, 4.69) is 41.0 Å². The molecule has 3 heterocycles. The van der Waals surface area contributed by atoms with Gasteiger partial charge >= 0.3 is 0 Å². The lowest BCUT2D eigenvalue weighted by atomic mass is 10.2. The second kappa shape index (κ2) is 4.48. The molecule has 5 heteroatoms. The van der Waals surface area contributed by atoms with Crippen LogP contribution in [-0.2, 0) is 4.74 Å². The summed E-state index contributed by atoms with van der Waals surface area (Å²) in [4.78, 5) is 12.2. The lowest BCUT2D eigenvalue weighted by Gasteiger charge is -2.36. The molecule has 0 aromatic carbocycles. The van der Waals surface area contributed by atoms with E-state index >= 15 is 0 Å². The van der Waals surface area contributed by atoms with Crippen LogP contribution in [0.2, 0.25) is 0 Å². The number of anilines is 1. The Hall–Kier alpha value is -1.20. The second-order valence-corrected chi connectivity index (χ2v) is 5.82. The van der Waals surface area contributed by atoms with Crippen LogP contribution in [0.15, 0.2) is 11.7 Å². The fourth-order valence-electron chi connectivity index (χ4n) is 2.59. The van der Waals surface area contributed by atoms with E-state index in [0.717, 1.165) is 23.7 Å². The minimum atomic E-state index is 0.248. The maximum Gasteiger partial charge on any atom is 0.141 e. The van der Waals surface area contributed by atoms with Crippen molar-refractivity contribution >= 4 is 27.4 Å². The third-order valence-corrected chi connectivity index (χ3v) is 4.26. The molecule has 0 spiro atoms. The molecular formula is C13H17N3OS. The summed E-state index contributed by atoms with van der Waals surface area (Å²) >= 11 is 1.68. The van der Waals surface area contributed by atoms with Crippen molar-refractivity contribution in [3.05, 3.63) is 17.3 Å². The molecule has 0 aliphatic carbocycles. The summed E-state index contributed by atoms with van der Waals surface area (Å²) in [5, 5.41) is 3.35. The Labute approximate surface area is 111 Å². The molecule has 18 heavy (non-hydrogen) atoms. The monoisotopic (exact) mass is 263 g/mol. The molecule has 1 fully saturated rings. The molecule has 2 unspecified atom stereocenters. The number of thiophene rings is 1. The largest absolute Gasteiger partial charge is 0.372 e. The fraction of sp³-hybridized carbons (Fsp3) is 0.538. The Balaban J connectivity index is 2.05. The molecule has 1 aliphatic heterocycles. The van der Waals surface area contributed by atoms with Gasteiger partial charge in [0.05, 0.1) is 17.6 Å². The molecule has 0 amide bonds. The minimum Gasteiger partial charge on any atom is -0.372 e. The molecule has 2 atom stereocenters. The maximum atomic E-state index is 5.78. The summed E-state index contributed by atoms with van der Waals surface area (Å²) in [5.74, 6) is 1.06. The average molecular weight is 263 g/mol. The van der Waals surface area contributed by atoms with Crippen LogP contribution in [-0.4, -0.2) is 35.3 Å². The van der Waals surface area contributed by atoms with Crippen LogP contribution in [0.25, 0.3) is 10.2 Å². The number of rotatable bonds is 1. The van der Waals surface area contributed by atoms with Crippen LogP contribution < -0.4 is 4.90 Å². The number of aryl methyl sites for hydroxylation is 1. The van der Waals surface area contributed by atoms with Gasteiger partial charge < -0.3 is 9.64 Å². The zero-order chi connectivity index (χ0) is 12.7. The van der Waals surface area contributed by atoms with Gasteiger partial charge in [0.1, 0.15) is 17.0 Å². The Kier molecular flexibility index (Phi) is 2.95. The molecule has 0 bridgehead atoms. The zero-order valence-corrected chi connectivity index (χ0v) is 11.7. The average Bonchev–Trinajstić information content (AvgIpc) is 2.70. The van der Waals surface area contributed by atoms with Crippen LogP contribution in [0.4, 0.5) is 5.82 Å². The van der Waals surface area contributed by atoms with Crippen molar-refractivity contribution in [1.82, 2.24) is 9.97 Å². The highest BCUT2D eigenvalue weighted by atomic mass is 32.1. The number of nitrogens with zero attached hydrogens (tertiary/aromatic N) is 3. The standard InChI is InChI=1S/C13H17N3OS/c1-8-6-18-13-11(8)12(14-7-15-13)16-4-9(2)17-10(3)5-16/h6-7,9-10H,4-5H2,1-3H3. The first-order valence-electron chi connectivity index (χ1n) is 6.24. The summed E-state index contributed by atoms with van der Waals surface area (Å²) < 4.78 is 5.78. The number of aromatic nitrogens is 2. The van der Waals surface area contributed by atoms with E-state index in [1.807, 2.05) is 0 Å². The van der Waals surface area contributed by atoms with Crippen molar-refractivity contribution in [3.63, 3.8) is 0 Å². The van der Waals surface area contributed by atoms with E-state index in [9.17, 15) is 0 Å². The quantitative estimate of drug-likeness (QED) is 0.792. The van der Waals surface area contributed by atoms with Crippen LogP contribution in [0, 0.1) is 6.92 Å². The van der Waals surface area contributed by atoms with E-state index in [-0.39, 0.29) is 12.2 Å². The Morgan fingerprint density at radius 2 is 2.00 bits per heavy atom. The molecule has 2 aromatic rings. The SMILES string of the molecule is Cc1csc2ncnc(N3CC(C)OC(C)C3)c12. The molecule has 0 saturated carbocycles. The van der Waals surface area contributed by atoms with Crippen molar-refractivity contribution in [1.29, 1.82) is 0 Å². The van der Waals surface area contributed by atoms with Crippen LogP contribution in [0.5, 0.6) is 0 Å². The summed E-state index contributed by atoms with van der Waals surface area (Å²) in [5.41, 5.74) is 1.26. The first kappa shape index (κ1) is 11.9. The molecule has 96 valence electrons. The summed E-state index contributed by atoms with van der Waals surface area (Å²) in [7, 11) is 0. The van der Waals surface area contributed by atoms with Crippen molar-refractivity contribution in [3.8, 4) is 0 Å². The Morgan fingerprint density at radius 1 is 1.28 bits per heavy atom. The van der Waals surface area contributed by atoms with Gasteiger partial charge in [-0.25, -0.2) is 9.97 Å². The van der Waals surface area contributed by atoms with Crippen LogP contribution in [0.3, 0.4) is 0 Å². The number of hydrogen-bond donors (Lipinski definition) is 0. The normalized spacial score (nSPS) is 24.7. The smallest absolute Gasteiger partial charge is 0.141 e. The zero-order valence-electron chi connectivity index (χ0n) is 10.9. The predicted molar refractivity (Wildman–Crippen MR) is 74.4 cm³/mol. The van der Waals surface area contributed by atoms with Crippen LogP contribution >= 0.6 is 11.3 Å². The van der Waals surface area contributed by atoms with Crippen molar-refractivity contribution in [2.75, 3.05) is 18.0 Å². The molecule has 3 rings (SSSR count). The van der Waals surface area contributed by atoms with E-state index in [4.69, 9.17) is 4.74 Å². The van der Waals surface area contributed by atoms with E-state index in [1.54, 1.807) is 17.7 Å². The molecule has 0 N–H and O–H groups in total. The lowest BCUT2D eigenvalue weighted by Crippen LogP contribution is -2.45. The van der Waals surface area contributed by atoms with Gasteiger partial charge in [0.15, 0.2) is 0 Å². The van der Waals surface area contributed by atoms with E-state index < -0.39 is 0 Å². The van der Waals surface area contributed by atoms with Crippen molar-refractivity contribution in [2.24, 2.45) is 0 Å². The highest BCUT2D eigenvalue weighted by Gasteiger charge is 2.25. The highest BCUT2D eigenvalue weighted by Crippen LogP contribution is 2.31. The first-order valence-corrected chi connectivity index (χ1v) is 7.12. The van der Waals surface area contributed by atoms with Gasteiger partial charge in [-0.1, -0.05) is 0 Å².